The second-order valence-electron chi connectivity index (χ2n) is 7.20. The van der Waals surface area contributed by atoms with E-state index in [1.807, 2.05) is 0 Å². The minimum atomic E-state index is -2.46. The maximum absolute atomic E-state index is 5.50. The standard InChI is InChI=1S/C18H42N2O6Si2/c1-21-27(22-2,23-3)15-9-13-19-17-11-7-8-12-18(17)20-14-10-16-28(24-4,25-5)26-6/h17-20H,7-16H2,1-6H3. The summed E-state index contributed by atoms with van der Waals surface area (Å²) in [6.07, 6.45) is 6.97. The lowest BCUT2D eigenvalue weighted by molar-refractivity contribution is 0.122. The quantitative estimate of drug-likeness (QED) is 0.280. The first-order valence-corrected chi connectivity index (χ1v) is 14.2. The van der Waals surface area contributed by atoms with E-state index in [4.69, 9.17) is 26.6 Å². The molecule has 0 saturated heterocycles. The van der Waals surface area contributed by atoms with Crippen molar-refractivity contribution < 1.29 is 26.6 Å². The summed E-state index contributed by atoms with van der Waals surface area (Å²) in [4.78, 5) is 0. The number of hydrogen-bond acceptors (Lipinski definition) is 8. The second-order valence-corrected chi connectivity index (χ2v) is 13.4. The minimum absolute atomic E-state index is 0.506. The first-order valence-electron chi connectivity index (χ1n) is 10.3. The van der Waals surface area contributed by atoms with Crippen LogP contribution in [0, 0.1) is 0 Å². The van der Waals surface area contributed by atoms with Gasteiger partial charge in [-0.3, -0.25) is 0 Å². The lowest BCUT2D eigenvalue weighted by Gasteiger charge is -2.34. The van der Waals surface area contributed by atoms with Gasteiger partial charge in [0.15, 0.2) is 0 Å². The van der Waals surface area contributed by atoms with E-state index < -0.39 is 17.6 Å². The lowest BCUT2D eigenvalue weighted by Crippen LogP contribution is -2.51. The molecular formula is C18H42N2O6Si2. The van der Waals surface area contributed by atoms with Crippen LogP contribution in [-0.2, 0) is 26.6 Å². The maximum atomic E-state index is 5.50. The molecule has 0 amide bonds. The predicted octanol–water partition coefficient (Wildman–Crippen LogP) is 2.01. The van der Waals surface area contributed by atoms with Crippen LogP contribution in [0.5, 0.6) is 0 Å². The van der Waals surface area contributed by atoms with Crippen molar-refractivity contribution in [2.24, 2.45) is 0 Å². The Morgan fingerprint density at radius 2 is 0.929 bits per heavy atom. The highest BCUT2D eigenvalue weighted by Gasteiger charge is 2.38. The first kappa shape index (κ1) is 26.1. The molecule has 0 radical (unpaired) electrons. The zero-order valence-electron chi connectivity index (χ0n) is 18.7. The summed E-state index contributed by atoms with van der Waals surface area (Å²) < 4.78 is 33.0. The summed E-state index contributed by atoms with van der Waals surface area (Å²) in [6.45, 7) is 1.89. The van der Waals surface area contributed by atoms with Gasteiger partial charge in [0.25, 0.3) is 0 Å². The normalized spacial score (nSPS) is 21.2. The Hall–Kier alpha value is 0.114. The van der Waals surface area contributed by atoms with Crippen molar-refractivity contribution in [1.29, 1.82) is 0 Å². The smallest absolute Gasteiger partial charge is 0.377 e. The number of nitrogens with one attached hydrogen (secondary N) is 2. The number of rotatable bonds is 16. The molecule has 28 heavy (non-hydrogen) atoms. The van der Waals surface area contributed by atoms with Crippen LogP contribution < -0.4 is 10.6 Å². The molecule has 0 aromatic heterocycles. The van der Waals surface area contributed by atoms with Crippen LogP contribution in [0.1, 0.15) is 38.5 Å². The highest BCUT2D eigenvalue weighted by atomic mass is 28.4. The molecule has 2 unspecified atom stereocenters. The third-order valence-corrected chi connectivity index (χ3v) is 11.4. The molecule has 1 aliphatic rings. The molecule has 168 valence electrons. The Bertz CT molecular complexity index is 348. The van der Waals surface area contributed by atoms with Crippen LogP contribution in [0.15, 0.2) is 0 Å². The maximum Gasteiger partial charge on any atom is 0.500 e. The van der Waals surface area contributed by atoms with Crippen LogP contribution in [-0.4, -0.2) is 85.4 Å². The molecule has 0 aromatic carbocycles. The molecule has 1 aliphatic carbocycles. The molecule has 8 nitrogen and oxygen atoms in total. The molecular weight excluding hydrogens is 396 g/mol. The van der Waals surface area contributed by atoms with Crippen molar-refractivity contribution >= 4 is 17.6 Å². The van der Waals surface area contributed by atoms with E-state index in [9.17, 15) is 0 Å². The van der Waals surface area contributed by atoms with E-state index >= 15 is 0 Å². The van der Waals surface area contributed by atoms with Gasteiger partial charge in [0.05, 0.1) is 0 Å². The molecule has 0 bridgehead atoms. The van der Waals surface area contributed by atoms with Gasteiger partial charge in [-0.05, 0) is 38.8 Å². The van der Waals surface area contributed by atoms with Gasteiger partial charge in [-0.25, -0.2) is 0 Å². The fraction of sp³-hybridized carbons (Fsp3) is 1.00. The molecule has 10 heteroatoms. The van der Waals surface area contributed by atoms with Crippen LogP contribution in [0.3, 0.4) is 0 Å². The van der Waals surface area contributed by atoms with E-state index in [1.165, 1.54) is 25.7 Å². The zero-order chi connectivity index (χ0) is 20.9. The van der Waals surface area contributed by atoms with Gasteiger partial charge >= 0.3 is 17.6 Å². The largest absolute Gasteiger partial charge is 0.500 e. The minimum Gasteiger partial charge on any atom is -0.377 e. The monoisotopic (exact) mass is 438 g/mol. The third-order valence-electron chi connectivity index (χ3n) is 5.76. The summed E-state index contributed by atoms with van der Waals surface area (Å²) in [7, 11) is 5.09. The molecule has 0 aromatic rings. The van der Waals surface area contributed by atoms with E-state index in [1.54, 1.807) is 42.7 Å². The topological polar surface area (TPSA) is 79.4 Å². The summed E-state index contributed by atoms with van der Waals surface area (Å²) >= 11 is 0. The predicted molar refractivity (Wildman–Crippen MR) is 114 cm³/mol. The Morgan fingerprint density at radius 3 is 1.21 bits per heavy atom. The van der Waals surface area contributed by atoms with Crippen LogP contribution in [0.4, 0.5) is 0 Å². The van der Waals surface area contributed by atoms with Crippen LogP contribution >= 0.6 is 0 Å². The van der Waals surface area contributed by atoms with Gasteiger partial charge in [-0.15, -0.1) is 0 Å². The Morgan fingerprint density at radius 1 is 0.607 bits per heavy atom. The van der Waals surface area contributed by atoms with Crippen LogP contribution in [0.25, 0.3) is 0 Å². The summed E-state index contributed by atoms with van der Waals surface area (Å²) in [5, 5.41) is 7.47. The molecule has 0 spiro atoms. The van der Waals surface area contributed by atoms with E-state index in [2.05, 4.69) is 10.6 Å². The molecule has 2 N–H and O–H groups in total. The van der Waals surface area contributed by atoms with Gasteiger partial charge in [-0.1, -0.05) is 12.8 Å². The van der Waals surface area contributed by atoms with Crippen molar-refractivity contribution in [3.05, 3.63) is 0 Å². The zero-order valence-corrected chi connectivity index (χ0v) is 20.7. The molecule has 1 rings (SSSR count). The fourth-order valence-corrected chi connectivity index (χ4v) is 7.36. The molecule has 1 fully saturated rings. The number of hydrogen-bond donors (Lipinski definition) is 2. The molecule has 0 aliphatic heterocycles. The van der Waals surface area contributed by atoms with Crippen molar-refractivity contribution in [2.45, 2.75) is 62.7 Å². The average Bonchev–Trinajstić information content (AvgIpc) is 2.76. The Labute approximate surface area is 173 Å². The molecule has 1 saturated carbocycles. The second kappa shape index (κ2) is 14.2. The van der Waals surface area contributed by atoms with E-state index in [0.717, 1.165) is 38.0 Å². The van der Waals surface area contributed by atoms with Crippen LogP contribution in [0.2, 0.25) is 12.1 Å². The average molecular weight is 439 g/mol. The first-order chi connectivity index (χ1) is 13.5. The van der Waals surface area contributed by atoms with Gasteiger partial charge < -0.3 is 37.2 Å². The van der Waals surface area contributed by atoms with E-state index in [-0.39, 0.29) is 0 Å². The SMILES string of the molecule is CO[Si](CCCNC1CCCCC1NCCC[Si](OC)(OC)OC)(OC)OC. The Balaban J connectivity index is 2.35. The Kier molecular flexibility index (Phi) is 13.2. The van der Waals surface area contributed by atoms with Gasteiger partial charge in [-0.2, -0.15) is 0 Å². The van der Waals surface area contributed by atoms with Gasteiger partial charge in [0.2, 0.25) is 0 Å². The lowest BCUT2D eigenvalue weighted by atomic mass is 9.90. The van der Waals surface area contributed by atoms with Crippen molar-refractivity contribution in [2.75, 3.05) is 55.7 Å². The van der Waals surface area contributed by atoms with Gasteiger partial charge in [0, 0.05) is 66.8 Å². The van der Waals surface area contributed by atoms with Crippen molar-refractivity contribution in [3.63, 3.8) is 0 Å². The van der Waals surface area contributed by atoms with Gasteiger partial charge in [0.1, 0.15) is 0 Å². The third kappa shape index (κ3) is 8.09. The highest BCUT2D eigenvalue weighted by Crippen LogP contribution is 2.20. The summed E-state index contributed by atoms with van der Waals surface area (Å²) in [6, 6.07) is 2.66. The molecule has 2 atom stereocenters. The summed E-state index contributed by atoms with van der Waals surface area (Å²) in [5.41, 5.74) is 0. The fourth-order valence-electron chi connectivity index (χ4n) is 3.92. The van der Waals surface area contributed by atoms with E-state index in [0.29, 0.717) is 12.1 Å². The van der Waals surface area contributed by atoms with Crippen molar-refractivity contribution in [3.8, 4) is 0 Å². The van der Waals surface area contributed by atoms with Crippen molar-refractivity contribution in [1.82, 2.24) is 10.6 Å². The highest BCUT2D eigenvalue weighted by molar-refractivity contribution is 6.60. The summed E-state index contributed by atoms with van der Waals surface area (Å²) in [5.74, 6) is 0. The molecule has 0 heterocycles.